The Morgan fingerprint density at radius 2 is 0.840 bits per heavy atom. The molecule has 0 N–H and O–H groups in total. The van der Waals surface area contributed by atoms with Gasteiger partial charge in [0.25, 0.3) is 0 Å². The third kappa shape index (κ3) is 15.3. The molecule has 4 nitrogen and oxygen atoms in total. The topological polar surface area (TPSA) is 36.9 Å². The van der Waals surface area contributed by atoms with E-state index in [0.29, 0.717) is 29.0 Å². The van der Waals surface area contributed by atoms with Gasteiger partial charge in [0.15, 0.2) is 0 Å². The van der Waals surface area contributed by atoms with E-state index in [4.69, 9.17) is 18.1 Å². The Bertz CT molecular complexity index is 391. The van der Waals surface area contributed by atoms with Crippen molar-refractivity contribution in [2.24, 2.45) is 0 Å². The first-order chi connectivity index (χ1) is 11.4. The molecule has 0 aromatic carbocycles. The van der Waals surface area contributed by atoms with E-state index in [0.717, 1.165) is 0 Å². The molecule has 0 atom stereocenters. The van der Waals surface area contributed by atoms with Gasteiger partial charge in [0.05, 0.1) is 0 Å². The van der Waals surface area contributed by atoms with Crippen molar-refractivity contribution in [1.82, 2.24) is 0 Å². The quantitative estimate of drug-likeness (QED) is 0.150. The standard InChI is InChI=1S/C15H34O4P2Se4/c1-12(2)16-20(22,17-13(3)4)24-10-9-11-25-21(23,18-14(5)6)19-15(7)8/h12-15H,9-11H2,1-8H3. The zero-order valence-electron chi connectivity index (χ0n) is 16.6. The van der Waals surface area contributed by atoms with Gasteiger partial charge in [-0.25, -0.2) is 0 Å². The molecule has 0 fully saturated rings. The summed E-state index contributed by atoms with van der Waals surface area (Å²) in [5.74, 6) is 0. The molecule has 0 bridgehead atoms. The molecule has 0 rings (SSSR count). The van der Waals surface area contributed by atoms with Crippen molar-refractivity contribution in [2.75, 3.05) is 0 Å². The van der Waals surface area contributed by atoms with E-state index < -0.39 is 9.30 Å². The second-order valence-corrected chi connectivity index (χ2v) is 33.8. The van der Waals surface area contributed by atoms with Crippen LogP contribution in [-0.4, -0.2) is 83.6 Å². The van der Waals surface area contributed by atoms with Gasteiger partial charge < -0.3 is 0 Å². The summed E-state index contributed by atoms with van der Waals surface area (Å²) in [5, 5.41) is 2.33. The molecule has 0 spiro atoms. The molecule has 0 aromatic rings. The SMILES string of the molecule is CC(C)OP(=[Se])(OC(C)C)[Se]CCC[Se]P(=[Se])(OC(C)C)OC(C)C. The fourth-order valence-electron chi connectivity index (χ4n) is 1.62. The fourth-order valence-corrected chi connectivity index (χ4v) is 25.8. The molecule has 0 unspecified atom stereocenters. The van der Waals surface area contributed by atoms with Gasteiger partial charge in [-0.05, 0) is 0 Å². The molecule has 152 valence electrons. The summed E-state index contributed by atoms with van der Waals surface area (Å²) in [7, 11) is 0. The molecule has 0 saturated heterocycles. The second-order valence-electron chi connectivity index (χ2n) is 6.53. The predicted octanol–water partition coefficient (Wildman–Crippen LogP) is 5.01. The number of rotatable bonds is 14. The third-order valence-electron chi connectivity index (χ3n) is 2.15. The van der Waals surface area contributed by atoms with Crippen LogP contribution in [0.3, 0.4) is 0 Å². The maximum absolute atomic E-state index is 6.12. The first-order valence-electron chi connectivity index (χ1n) is 8.60. The Morgan fingerprint density at radius 1 is 0.600 bits per heavy atom. The summed E-state index contributed by atoms with van der Waals surface area (Å²) >= 11 is 7.21. The first-order valence-corrected chi connectivity index (χ1v) is 23.1. The fraction of sp³-hybridized carbons (Fsp3) is 1.00. The summed E-state index contributed by atoms with van der Waals surface area (Å²) in [6.45, 7) is 16.6. The Kier molecular flexibility index (Phi) is 15.4. The summed E-state index contributed by atoms with van der Waals surface area (Å²) in [4.78, 5) is 0. The Balaban J connectivity index is 4.47. The van der Waals surface area contributed by atoms with Crippen molar-refractivity contribution in [3.05, 3.63) is 0 Å². The zero-order valence-corrected chi connectivity index (χ0v) is 25.2. The van der Waals surface area contributed by atoms with E-state index in [1.54, 1.807) is 0 Å². The summed E-state index contributed by atoms with van der Waals surface area (Å²) in [6, 6.07) is 0. The molecule has 0 aliphatic heterocycles. The molecule has 0 amide bonds. The number of hydrogen-bond acceptors (Lipinski definition) is 4. The molecule has 0 saturated carbocycles. The molecule has 0 aliphatic carbocycles. The Morgan fingerprint density at radius 3 is 1.04 bits per heavy atom. The first kappa shape index (κ1) is 27.8. The molecular formula is C15H34O4P2Se4. The van der Waals surface area contributed by atoms with Gasteiger partial charge >= 0.3 is 183 Å². The zero-order chi connectivity index (χ0) is 19.7. The van der Waals surface area contributed by atoms with Crippen LogP contribution in [0, 0.1) is 0 Å². The second kappa shape index (κ2) is 13.9. The van der Waals surface area contributed by atoms with Gasteiger partial charge in [0, 0.05) is 0 Å². The van der Waals surface area contributed by atoms with Crippen LogP contribution in [-0.2, 0) is 18.1 Å². The molecule has 0 radical (unpaired) electrons. The van der Waals surface area contributed by atoms with E-state index >= 15 is 0 Å². The average Bonchev–Trinajstić information content (AvgIpc) is 2.33. The van der Waals surface area contributed by atoms with Crippen LogP contribution in [0.2, 0.25) is 10.6 Å². The van der Waals surface area contributed by atoms with E-state index in [-0.39, 0.29) is 24.4 Å². The summed E-state index contributed by atoms with van der Waals surface area (Å²) < 4.78 is 20.8. The van der Waals surface area contributed by atoms with Gasteiger partial charge in [0.1, 0.15) is 0 Å². The molecule has 10 heteroatoms. The van der Waals surface area contributed by atoms with Crippen LogP contribution in [0.25, 0.3) is 0 Å². The molecule has 0 aliphatic rings. The van der Waals surface area contributed by atoms with E-state index in [1.165, 1.54) is 17.1 Å². The molecular weight excluding hydrogens is 622 g/mol. The van der Waals surface area contributed by atoms with Gasteiger partial charge in [-0.2, -0.15) is 0 Å². The van der Waals surface area contributed by atoms with Gasteiger partial charge in [-0.15, -0.1) is 0 Å². The van der Waals surface area contributed by atoms with Crippen LogP contribution in [0.4, 0.5) is 0 Å². The van der Waals surface area contributed by atoms with Gasteiger partial charge in [-0.1, -0.05) is 0 Å². The van der Waals surface area contributed by atoms with Gasteiger partial charge in [-0.3, -0.25) is 0 Å². The molecule has 25 heavy (non-hydrogen) atoms. The van der Waals surface area contributed by atoms with Crippen molar-refractivity contribution in [1.29, 1.82) is 0 Å². The molecule has 0 aromatic heterocycles. The van der Waals surface area contributed by atoms with Gasteiger partial charge in [0.2, 0.25) is 0 Å². The van der Waals surface area contributed by atoms with Crippen LogP contribution in [0.15, 0.2) is 0 Å². The monoisotopic (exact) mass is 660 g/mol. The Labute approximate surface area is 182 Å². The predicted molar refractivity (Wildman–Crippen MR) is 116 cm³/mol. The van der Waals surface area contributed by atoms with Crippen molar-refractivity contribution < 1.29 is 18.1 Å². The van der Waals surface area contributed by atoms with E-state index in [9.17, 15) is 0 Å². The normalized spacial score (nSPS) is 13.6. The summed E-state index contributed by atoms with van der Waals surface area (Å²) in [6.07, 6.45) is 1.96. The minimum atomic E-state index is -1.82. The van der Waals surface area contributed by atoms with Crippen molar-refractivity contribution in [2.45, 2.75) is 96.9 Å². The molecule has 0 heterocycles. The van der Waals surface area contributed by atoms with Crippen molar-refractivity contribution in [3.63, 3.8) is 0 Å². The maximum atomic E-state index is 6.12. The third-order valence-corrected chi connectivity index (χ3v) is 24.6. The van der Waals surface area contributed by atoms with Crippen LogP contribution >= 0.6 is 9.30 Å². The van der Waals surface area contributed by atoms with E-state index in [2.05, 4.69) is 85.6 Å². The van der Waals surface area contributed by atoms with Crippen LogP contribution < -0.4 is 0 Å². The minimum absolute atomic E-state index is 0.196. The van der Waals surface area contributed by atoms with Crippen LogP contribution in [0.1, 0.15) is 61.8 Å². The van der Waals surface area contributed by atoms with Crippen molar-refractivity contribution in [3.8, 4) is 0 Å². The number of hydrogen-bond donors (Lipinski definition) is 0. The van der Waals surface area contributed by atoms with Crippen LogP contribution in [0.5, 0.6) is 0 Å². The average molecular weight is 656 g/mol. The van der Waals surface area contributed by atoms with Crippen molar-refractivity contribution >= 4 is 68.5 Å². The Hall–Kier alpha value is 2.78. The van der Waals surface area contributed by atoms with E-state index in [1.807, 2.05) is 0 Å². The summed E-state index contributed by atoms with van der Waals surface area (Å²) in [5.41, 5.74) is 0.